The van der Waals surface area contributed by atoms with Gasteiger partial charge in [0.15, 0.2) is 0 Å². The van der Waals surface area contributed by atoms with Gasteiger partial charge in [-0.2, -0.15) is 0 Å². The van der Waals surface area contributed by atoms with Gasteiger partial charge in [-0.05, 0) is 82.9 Å². The molecule has 3 amide bonds. The molecule has 0 unspecified atom stereocenters. The van der Waals surface area contributed by atoms with Crippen LogP contribution >= 0.6 is 11.3 Å². The van der Waals surface area contributed by atoms with Crippen molar-refractivity contribution in [2.24, 2.45) is 0 Å². The van der Waals surface area contributed by atoms with Crippen LogP contribution in [-0.2, 0) is 11.3 Å². The minimum Gasteiger partial charge on any atom is -0.457 e. The maximum atomic E-state index is 15.8. The predicted octanol–water partition coefficient (Wildman–Crippen LogP) is 6.67. The van der Waals surface area contributed by atoms with E-state index in [1.54, 1.807) is 16.2 Å². The van der Waals surface area contributed by atoms with Crippen LogP contribution in [0.4, 0.5) is 9.18 Å². The van der Waals surface area contributed by atoms with Crippen LogP contribution in [0.15, 0.2) is 36.4 Å². The molecule has 0 atom stereocenters. The first kappa shape index (κ1) is 34.3. The molecule has 10 nitrogen and oxygen atoms in total. The zero-order chi connectivity index (χ0) is 34.0. The number of piperidine rings is 1. The number of ether oxygens (including phenoxy) is 2. The standard InChI is InChI=1S/C36H47FN6O4S/c1-23(2)33-39-40-34(48-33)24-6-8-28(9-7-24)47-31-21-29(30(37)20-25(31)22-42-16-17-43(35(42)45)36(3,4)5)32(44)38-26-10-14-41(15-11-26)27-12-18-46-19-13-27/h6-9,20-21,23,26-27H,10-19,22H2,1-5H3,(H,38,44). The second-order valence-electron chi connectivity index (χ2n) is 14.3. The van der Waals surface area contributed by atoms with Gasteiger partial charge < -0.3 is 29.5 Å². The summed E-state index contributed by atoms with van der Waals surface area (Å²) in [6, 6.07) is 10.7. The van der Waals surface area contributed by atoms with Gasteiger partial charge in [-0.25, -0.2) is 9.18 Å². The monoisotopic (exact) mass is 678 g/mol. The summed E-state index contributed by atoms with van der Waals surface area (Å²) in [4.78, 5) is 32.8. The highest BCUT2D eigenvalue weighted by Crippen LogP contribution is 2.34. The highest BCUT2D eigenvalue weighted by atomic mass is 32.1. The molecular weight excluding hydrogens is 631 g/mol. The van der Waals surface area contributed by atoms with Crippen molar-refractivity contribution < 1.29 is 23.5 Å². The SMILES string of the molecule is CC(C)c1nnc(-c2ccc(Oc3cc(C(=O)NC4CCN(C5CCOCC5)CC4)c(F)cc3CN3CCN(C(C)(C)C)C3=O)cc2)s1. The average Bonchev–Trinajstić information content (AvgIpc) is 3.71. The molecule has 0 aliphatic carbocycles. The van der Waals surface area contributed by atoms with E-state index in [0.29, 0.717) is 42.1 Å². The van der Waals surface area contributed by atoms with Gasteiger partial charge in [0.1, 0.15) is 27.3 Å². The number of carbonyl (C=O) groups is 2. The fourth-order valence-corrected chi connectivity index (χ4v) is 7.50. The van der Waals surface area contributed by atoms with Crippen LogP contribution in [0.1, 0.15) is 87.1 Å². The number of aromatic nitrogens is 2. The zero-order valence-electron chi connectivity index (χ0n) is 28.6. The fourth-order valence-electron chi connectivity index (χ4n) is 6.64. The third-order valence-corrected chi connectivity index (χ3v) is 10.8. The lowest BCUT2D eigenvalue weighted by molar-refractivity contribution is 0.0238. The number of likely N-dealkylation sites (tertiary alicyclic amines) is 1. The highest BCUT2D eigenvalue weighted by Gasteiger charge is 2.36. The van der Waals surface area contributed by atoms with Gasteiger partial charge in [0, 0.05) is 74.1 Å². The number of halogens is 1. The van der Waals surface area contributed by atoms with Gasteiger partial charge in [0.05, 0.1) is 12.1 Å². The quantitative estimate of drug-likeness (QED) is 0.270. The average molecular weight is 679 g/mol. The topological polar surface area (TPSA) is 100 Å². The van der Waals surface area contributed by atoms with E-state index in [0.717, 1.165) is 67.6 Å². The maximum absolute atomic E-state index is 15.8. The summed E-state index contributed by atoms with van der Waals surface area (Å²) in [5, 5.41) is 13.5. The van der Waals surface area contributed by atoms with Crippen LogP contribution in [-0.4, -0.2) is 93.9 Å². The molecule has 12 heteroatoms. The third-order valence-electron chi connectivity index (χ3n) is 9.50. The first-order valence-corrected chi connectivity index (χ1v) is 17.9. The Morgan fingerprint density at radius 2 is 1.75 bits per heavy atom. The van der Waals surface area contributed by atoms with Crippen molar-refractivity contribution in [1.82, 2.24) is 30.2 Å². The summed E-state index contributed by atoms with van der Waals surface area (Å²) in [6.45, 7) is 14.8. The number of benzene rings is 2. The molecule has 3 aliphatic heterocycles. The molecular formula is C36H47FN6O4S. The highest BCUT2D eigenvalue weighted by molar-refractivity contribution is 7.14. The number of carbonyl (C=O) groups excluding carboxylic acids is 2. The van der Waals surface area contributed by atoms with Crippen LogP contribution in [0.5, 0.6) is 11.5 Å². The van der Waals surface area contributed by atoms with Crippen molar-refractivity contribution in [2.45, 2.75) is 90.4 Å². The smallest absolute Gasteiger partial charge is 0.320 e. The van der Waals surface area contributed by atoms with Crippen LogP contribution in [0, 0.1) is 5.82 Å². The lowest BCUT2D eigenvalue weighted by atomic mass is 9.99. The number of nitrogens with zero attached hydrogens (tertiary/aromatic N) is 5. The summed E-state index contributed by atoms with van der Waals surface area (Å²) in [5.74, 6) is 0.0586. The van der Waals surface area contributed by atoms with E-state index in [9.17, 15) is 9.59 Å². The Hall–Kier alpha value is -3.61. The first-order chi connectivity index (χ1) is 23.0. The molecule has 0 radical (unpaired) electrons. The summed E-state index contributed by atoms with van der Waals surface area (Å²) in [6.07, 6.45) is 3.71. The number of rotatable bonds is 9. The van der Waals surface area contributed by atoms with E-state index in [-0.39, 0.29) is 29.7 Å². The molecule has 1 aromatic heterocycles. The molecule has 3 fully saturated rings. The van der Waals surface area contributed by atoms with Crippen LogP contribution < -0.4 is 10.1 Å². The fraction of sp³-hybridized carbons (Fsp3) is 0.556. The normalized spacial score (nSPS) is 18.6. The Kier molecular flexibility index (Phi) is 10.3. The van der Waals surface area contributed by atoms with Crippen molar-refractivity contribution in [3.05, 3.63) is 58.3 Å². The Balaban J connectivity index is 1.20. The van der Waals surface area contributed by atoms with Gasteiger partial charge >= 0.3 is 6.03 Å². The molecule has 3 aromatic rings. The van der Waals surface area contributed by atoms with Crippen LogP contribution in [0.2, 0.25) is 0 Å². The second-order valence-corrected chi connectivity index (χ2v) is 15.3. The molecule has 1 N–H and O–H groups in total. The maximum Gasteiger partial charge on any atom is 0.320 e. The molecule has 6 rings (SSSR count). The van der Waals surface area contributed by atoms with Crippen molar-refractivity contribution in [2.75, 3.05) is 39.4 Å². The largest absolute Gasteiger partial charge is 0.457 e. The molecule has 48 heavy (non-hydrogen) atoms. The summed E-state index contributed by atoms with van der Waals surface area (Å²) >= 11 is 1.56. The lowest BCUT2D eigenvalue weighted by Crippen LogP contribution is -2.49. The number of urea groups is 1. The van der Waals surface area contributed by atoms with Crippen LogP contribution in [0.25, 0.3) is 10.6 Å². The number of nitrogens with one attached hydrogen (secondary N) is 1. The van der Waals surface area contributed by atoms with Crippen molar-refractivity contribution >= 4 is 23.3 Å². The molecule has 3 aliphatic rings. The molecule has 258 valence electrons. The zero-order valence-corrected chi connectivity index (χ0v) is 29.4. The third kappa shape index (κ3) is 7.82. The van der Waals surface area contributed by atoms with Crippen LogP contribution in [0.3, 0.4) is 0 Å². The van der Waals surface area contributed by atoms with E-state index in [4.69, 9.17) is 9.47 Å². The summed E-state index contributed by atoms with van der Waals surface area (Å²) in [5.41, 5.74) is 1.01. The Morgan fingerprint density at radius 3 is 2.38 bits per heavy atom. The second kappa shape index (κ2) is 14.5. The van der Waals surface area contributed by atoms with E-state index < -0.39 is 11.7 Å². The molecule has 0 spiro atoms. The van der Waals surface area contributed by atoms with Crippen molar-refractivity contribution in [3.63, 3.8) is 0 Å². The van der Waals surface area contributed by atoms with Gasteiger partial charge in [0.25, 0.3) is 5.91 Å². The molecule has 0 saturated carbocycles. The minimum absolute atomic E-state index is 0.0354. The van der Waals surface area contributed by atoms with Crippen molar-refractivity contribution in [1.29, 1.82) is 0 Å². The Labute approximate surface area is 286 Å². The number of amides is 3. The summed E-state index contributed by atoms with van der Waals surface area (Å²) < 4.78 is 27.6. The van der Waals surface area contributed by atoms with Crippen molar-refractivity contribution in [3.8, 4) is 22.1 Å². The van der Waals surface area contributed by atoms with Gasteiger partial charge in [0.2, 0.25) is 0 Å². The molecule has 0 bridgehead atoms. The van der Waals surface area contributed by atoms with E-state index in [1.165, 1.54) is 12.1 Å². The Morgan fingerprint density at radius 1 is 1.04 bits per heavy atom. The van der Waals surface area contributed by atoms with E-state index in [1.807, 2.05) is 49.9 Å². The lowest BCUT2D eigenvalue weighted by Gasteiger charge is -2.39. The van der Waals surface area contributed by atoms with E-state index in [2.05, 4.69) is 34.3 Å². The Bertz CT molecular complexity index is 1590. The first-order valence-electron chi connectivity index (χ1n) is 17.1. The minimum atomic E-state index is -0.638. The molecule has 4 heterocycles. The van der Waals surface area contributed by atoms with Gasteiger partial charge in [-0.15, -0.1) is 10.2 Å². The number of hydrogen-bond donors (Lipinski definition) is 1. The molecule has 2 aromatic carbocycles. The van der Waals surface area contributed by atoms with Gasteiger partial charge in [-0.3, -0.25) is 4.79 Å². The molecule has 3 saturated heterocycles. The van der Waals surface area contributed by atoms with Gasteiger partial charge in [-0.1, -0.05) is 25.2 Å². The summed E-state index contributed by atoms with van der Waals surface area (Å²) in [7, 11) is 0. The predicted molar refractivity (Wildman–Crippen MR) is 184 cm³/mol. The number of hydrogen-bond acceptors (Lipinski definition) is 8. The van der Waals surface area contributed by atoms with E-state index >= 15 is 4.39 Å².